The second-order valence-electron chi connectivity index (χ2n) is 7.52. The normalized spacial score (nSPS) is 11.4. The topological polar surface area (TPSA) is 83.2 Å². The first-order chi connectivity index (χ1) is 15.2. The summed E-state index contributed by atoms with van der Waals surface area (Å²) in [4.78, 5) is 17.0. The Morgan fingerprint density at radius 3 is 2.61 bits per heavy atom. The van der Waals surface area contributed by atoms with Gasteiger partial charge in [0.1, 0.15) is 17.0 Å². The van der Waals surface area contributed by atoms with E-state index in [9.17, 15) is 0 Å². The maximum absolute atomic E-state index is 9.13. The Balaban J connectivity index is 1.62. The number of benzene rings is 2. The zero-order valence-corrected chi connectivity index (χ0v) is 16.7. The molecule has 1 N–H and O–H groups in total. The molecule has 0 fully saturated rings. The summed E-state index contributed by atoms with van der Waals surface area (Å²) in [5.41, 5.74) is 7.34. The van der Waals surface area contributed by atoms with E-state index in [2.05, 4.69) is 43.8 Å². The molecule has 31 heavy (non-hydrogen) atoms. The minimum Gasteiger partial charge on any atom is -0.346 e. The molecule has 6 aromatic rings. The Labute approximate surface area is 177 Å². The number of aromatic nitrogens is 5. The van der Waals surface area contributed by atoms with Crippen molar-refractivity contribution in [3.63, 3.8) is 0 Å². The summed E-state index contributed by atoms with van der Waals surface area (Å²) in [7, 11) is 0. The Hall–Kier alpha value is -4.50. The number of rotatable bonds is 2. The van der Waals surface area contributed by atoms with Crippen LogP contribution in [0.3, 0.4) is 0 Å². The summed E-state index contributed by atoms with van der Waals surface area (Å²) in [5, 5.41) is 11.2. The van der Waals surface area contributed by atoms with Gasteiger partial charge in [0.05, 0.1) is 28.9 Å². The molecule has 0 unspecified atom stereocenters. The molecule has 2 aromatic carbocycles. The van der Waals surface area contributed by atoms with Crippen LogP contribution < -0.4 is 0 Å². The fourth-order valence-corrected chi connectivity index (χ4v) is 4.15. The maximum atomic E-state index is 9.13. The largest absolute Gasteiger partial charge is 0.346 e. The van der Waals surface area contributed by atoms with Crippen LogP contribution in [0.5, 0.6) is 0 Å². The number of hydrogen-bond acceptors (Lipinski definition) is 4. The van der Waals surface area contributed by atoms with Crippen molar-refractivity contribution in [1.29, 1.82) is 5.26 Å². The molecule has 0 aliphatic carbocycles. The van der Waals surface area contributed by atoms with E-state index in [0.29, 0.717) is 5.56 Å². The van der Waals surface area contributed by atoms with Crippen LogP contribution >= 0.6 is 0 Å². The summed E-state index contributed by atoms with van der Waals surface area (Å²) >= 11 is 0. The van der Waals surface area contributed by atoms with Gasteiger partial charge in [0.2, 0.25) is 0 Å². The van der Waals surface area contributed by atoms with E-state index in [0.717, 1.165) is 55.6 Å². The van der Waals surface area contributed by atoms with Crippen LogP contribution in [-0.4, -0.2) is 24.5 Å². The minimum atomic E-state index is 0.632. The third-order valence-electron chi connectivity index (χ3n) is 5.64. The highest BCUT2D eigenvalue weighted by Gasteiger charge is 2.14. The molecule has 0 saturated carbocycles. The van der Waals surface area contributed by atoms with Crippen LogP contribution in [0.4, 0.5) is 0 Å². The van der Waals surface area contributed by atoms with Crippen LogP contribution in [0.2, 0.25) is 0 Å². The standard InChI is InChI=1S/C25H16N6/c1-15-30-23-14-28-22-7-4-17(19-10-18-8-9-27-25(18)29-13-19)11-21(22)24(23)31(15)20-5-2-16(12-26)3-6-20/h2-11,13-14H,1H3,(H,27,29). The van der Waals surface area contributed by atoms with Gasteiger partial charge in [0, 0.05) is 34.4 Å². The molecule has 0 aliphatic heterocycles. The highest BCUT2D eigenvalue weighted by molar-refractivity contribution is 6.04. The van der Waals surface area contributed by atoms with Crippen molar-refractivity contribution in [2.24, 2.45) is 0 Å². The first kappa shape index (κ1) is 17.4. The van der Waals surface area contributed by atoms with E-state index in [1.165, 1.54) is 0 Å². The predicted molar refractivity (Wildman–Crippen MR) is 121 cm³/mol. The van der Waals surface area contributed by atoms with Gasteiger partial charge in [-0.05, 0) is 61.0 Å². The van der Waals surface area contributed by atoms with Crippen LogP contribution in [0, 0.1) is 18.3 Å². The Kier molecular flexibility index (Phi) is 3.65. The Morgan fingerprint density at radius 1 is 0.903 bits per heavy atom. The van der Waals surface area contributed by atoms with Gasteiger partial charge in [-0.2, -0.15) is 5.26 Å². The van der Waals surface area contributed by atoms with E-state index in [1.54, 1.807) is 0 Å². The Morgan fingerprint density at radius 2 is 1.77 bits per heavy atom. The van der Waals surface area contributed by atoms with Gasteiger partial charge in [0.25, 0.3) is 0 Å². The second kappa shape index (κ2) is 6.51. The van der Waals surface area contributed by atoms with Gasteiger partial charge < -0.3 is 4.98 Å². The van der Waals surface area contributed by atoms with Crippen LogP contribution in [0.1, 0.15) is 11.4 Å². The van der Waals surface area contributed by atoms with Crippen molar-refractivity contribution < 1.29 is 0 Å². The summed E-state index contributed by atoms with van der Waals surface area (Å²) in [6.07, 6.45) is 5.60. The summed E-state index contributed by atoms with van der Waals surface area (Å²) in [6, 6.07) is 20.2. The molecule has 0 aliphatic rings. The number of aromatic amines is 1. The lowest BCUT2D eigenvalue weighted by atomic mass is 10.0. The lowest BCUT2D eigenvalue weighted by molar-refractivity contribution is 1.00. The highest BCUT2D eigenvalue weighted by atomic mass is 15.1. The fourth-order valence-electron chi connectivity index (χ4n) is 4.15. The average molecular weight is 400 g/mol. The molecule has 0 bridgehead atoms. The molecule has 4 heterocycles. The van der Waals surface area contributed by atoms with E-state index >= 15 is 0 Å². The SMILES string of the molecule is Cc1nc2cnc3ccc(-c4cnc5[nH]ccc5c4)cc3c2n1-c1ccc(C#N)cc1. The number of imidazole rings is 1. The Bertz CT molecular complexity index is 1650. The molecule has 0 saturated heterocycles. The van der Waals surface area contributed by atoms with Crippen LogP contribution in [0.15, 0.2) is 73.2 Å². The molecule has 6 rings (SSSR count). The molecule has 0 radical (unpaired) electrons. The van der Waals surface area contributed by atoms with Gasteiger partial charge in [0.15, 0.2) is 0 Å². The summed E-state index contributed by atoms with van der Waals surface area (Å²) < 4.78 is 2.12. The number of hydrogen-bond donors (Lipinski definition) is 1. The van der Waals surface area contributed by atoms with Gasteiger partial charge in [-0.1, -0.05) is 6.07 Å². The minimum absolute atomic E-state index is 0.632. The van der Waals surface area contributed by atoms with E-state index in [1.807, 2.05) is 61.9 Å². The number of nitrogens with one attached hydrogen (secondary N) is 1. The van der Waals surface area contributed by atoms with Crippen molar-refractivity contribution in [2.75, 3.05) is 0 Å². The average Bonchev–Trinajstić information content (AvgIpc) is 3.42. The van der Waals surface area contributed by atoms with Gasteiger partial charge in [-0.25, -0.2) is 9.97 Å². The fraction of sp³-hybridized carbons (Fsp3) is 0.0400. The number of aryl methyl sites for hydroxylation is 1. The number of nitrogens with zero attached hydrogens (tertiary/aromatic N) is 5. The van der Waals surface area contributed by atoms with E-state index in [-0.39, 0.29) is 0 Å². The van der Waals surface area contributed by atoms with Crippen LogP contribution in [0.25, 0.3) is 49.8 Å². The number of fused-ring (bicyclic) bond motifs is 4. The highest BCUT2D eigenvalue weighted by Crippen LogP contribution is 2.31. The van der Waals surface area contributed by atoms with Crippen molar-refractivity contribution in [2.45, 2.75) is 6.92 Å². The third kappa shape index (κ3) is 2.68. The lowest BCUT2D eigenvalue weighted by Crippen LogP contribution is -1.97. The zero-order chi connectivity index (χ0) is 20.9. The first-order valence-corrected chi connectivity index (χ1v) is 9.93. The van der Waals surface area contributed by atoms with Crippen LogP contribution in [-0.2, 0) is 0 Å². The monoisotopic (exact) mass is 400 g/mol. The molecule has 4 aromatic heterocycles. The number of pyridine rings is 2. The van der Waals surface area contributed by atoms with Gasteiger partial charge in [-0.15, -0.1) is 0 Å². The lowest BCUT2D eigenvalue weighted by Gasteiger charge is -2.10. The zero-order valence-electron chi connectivity index (χ0n) is 16.7. The molecule has 6 nitrogen and oxygen atoms in total. The van der Waals surface area contributed by atoms with Crippen molar-refractivity contribution in [3.8, 4) is 22.9 Å². The number of H-pyrrole nitrogens is 1. The molecule has 0 amide bonds. The van der Waals surface area contributed by atoms with Crippen molar-refractivity contribution in [3.05, 3.63) is 84.6 Å². The molecule has 0 spiro atoms. The van der Waals surface area contributed by atoms with E-state index < -0.39 is 0 Å². The van der Waals surface area contributed by atoms with Gasteiger partial charge in [-0.3, -0.25) is 9.55 Å². The smallest absolute Gasteiger partial charge is 0.137 e. The van der Waals surface area contributed by atoms with Crippen molar-refractivity contribution in [1.82, 2.24) is 24.5 Å². The van der Waals surface area contributed by atoms with Crippen molar-refractivity contribution >= 4 is 33.0 Å². The molecular formula is C25H16N6. The molecule has 146 valence electrons. The molecular weight excluding hydrogens is 384 g/mol. The van der Waals surface area contributed by atoms with Gasteiger partial charge >= 0.3 is 0 Å². The molecule has 0 atom stereocenters. The summed E-state index contributed by atoms with van der Waals surface area (Å²) in [5.74, 6) is 0.870. The maximum Gasteiger partial charge on any atom is 0.137 e. The predicted octanol–water partition coefficient (Wildman–Crippen LogP) is 5.30. The quantitative estimate of drug-likeness (QED) is 0.428. The summed E-state index contributed by atoms with van der Waals surface area (Å²) in [6.45, 7) is 1.98. The van der Waals surface area contributed by atoms with E-state index in [4.69, 9.17) is 10.2 Å². The first-order valence-electron chi connectivity index (χ1n) is 9.93. The molecule has 6 heteroatoms. The number of nitriles is 1. The second-order valence-corrected chi connectivity index (χ2v) is 7.52. The third-order valence-corrected chi connectivity index (χ3v) is 5.64.